The molecule has 0 aliphatic carbocycles. The van der Waals surface area contributed by atoms with Gasteiger partial charge in [0.2, 0.25) is 0 Å². The predicted octanol–water partition coefficient (Wildman–Crippen LogP) is 4.81. The minimum Gasteiger partial charge on any atom is -0.370 e. The van der Waals surface area contributed by atoms with Gasteiger partial charge < -0.3 is 15.5 Å². The molecule has 3 aromatic carbocycles. The third kappa shape index (κ3) is 5.72. The number of likely N-dealkylation sites (N-methyl/N-ethyl adjacent to an activating group) is 1. The molecule has 3 rings (SSSR count). The number of nitrogens with one attached hydrogen (secondary N) is 2. The molecule has 160 valence electrons. The van der Waals surface area contributed by atoms with Gasteiger partial charge in [0.05, 0.1) is 0 Å². The summed E-state index contributed by atoms with van der Waals surface area (Å²) in [5.41, 5.74) is 5.03. The van der Waals surface area contributed by atoms with Crippen molar-refractivity contribution in [2.24, 2.45) is 0 Å². The predicted molar refractivity (Wildman–Crippen MR) is 127 cm³/mol. The van der Waals surface area contributed by atoms with Crippen molar-refractivity contribution in [1.82, 2.24) is 5.32 Å². The van der Waals surface area contributed by atoms with E-state index >= 15 is 0 Å². The number of aryl methyl sites for hydroxylation is 2. The minimum absolute atomic E-state index is 0.156. The van der Waals surface area contributed by atoms with Gasteiger partial charge >= 0.3 is 0 Å². The van der Waals surface area contributed by atoms with E-state index in [-0.39, 0.29) is 11.8 Å². The molecule has 2 N–H and O–H groups in total. The summed E-state index contributed by atoms with van der Waals surface area (Å²) in [7, 11) is 0. The summed E-state index contributed by atoms with van der Waals surface area (Å²) in [4.78, 5) is 27.4. The van der Waals surface area contributed by atoms with Crippen LogP contribution >= 0.6 is 0 Å². The lowest BCUT2D eigenvalue weighted by Gasteiger charge is -2.25. The Hall–Kier alpha value is -3.60. The van der Waals surface area contributed by atoms with Gasteiger partial charge in [-0.3, -0.25) is 9.59 Å². The van der Waals surface area contributed by atoms with E-state index in [1.54, 1.807) is 24.3 Å². The maximum Gasteiger partial charge on any atom is 0.255 e. The molecule has 3 aromatic rings. The number of hydrogen-bond donors (Lipinski definition) is 2. The van der Waals surface area contributed by atoms with Crippen LogP contribution < -0.4 is 15.5 Å². The van der Waals surface area contributed by atoms with Crippen molar-refractivity contribution in [1.29, 1.82) is 0 Å². The summed E-state index contributed by atoms with van der Waals surface area (Å²) in [5, 5.41) is 5.90. The molecule has 0 saturated carbocycles. The van der Waals surface area contributed by atoms with E-state index in [1.807, 2.05) is 43.3 Å². The minimum atomic E-state index is -0.196. The molecule has 0 spiro atoms. The van der Waals surface area contributed by atoms with E-state index in [0.29, 0.717) is 23.4 Å². The molecule has 5 heteroatoms. The van der Waals surface area contributed by atoms with Gasteiger partial charge in [-0.05, 0) is 62.2 Å². The Labute approximate surface area is 184 Å². The zero-order chi connectivity index (χ0) is 22.2. The molecular weight excluding hydrogens is 386 g/mol. The summed E-state index contributed by atoms with van der Waals surface area (Å²) in [6.07, 6.45) is 0. The molecule has 31 heavy (non-hydrogen) atoms. The van der Waals surface area contributed by atoms with E-state index in [0.717, 1.165) is 18.7 Å². The number of carbonyl (C=O) groups is 2. The van der Waals surface area contributed by atoms with Gasteiger partial charge in [-0.1, -0.05) is 42.5 Å². The number of amides is 2. The highest BCUT2D eigenvalue weighted by Crippen LogP contribution is 2.19. The Morgan fingerprint density at radius 3 is 2.23 bits per heavy atom. The van der Waals surface area contributed by atoms with E-state index in [9.17, 15) is 9.59 Å². The van der Waals surface area contributed by atoms with Gasteiger partial charge in [0.25, 0.3) is 11.8 Å². The normalized spacial score (nSPS) is 10.4. The van der Waals surface area contributed by atoms with Crippen LogP contribution in [-0.4, -0.2) is 31.4 Å². The average Bonchev–Trinajstić information content (AvgIpc) is 2.79. The Kier molecular flexibility index (Phi) is 7.44. The van der Waals surface area contributed by atoms with Crippen LogP contribution in [0.4, 0.5) is 11.4 Å². The van der Waals surface area contributed by atoms with Crippen LogP contribution in [0.3, 0.4) is 0 Å². The second-order valence-corrected chi connectivity index (χ2v) is 7.47. The molecule has 0 aromatic heterocycles. The summed E-state index contributed by atoms with van der Waals surface area (Å²) < 4.78 is 0. The zero-order valence-electron chi connectivity index (χ0n) is 18.3. The Morgan fingerprint density at radius 2 is 1.52 bits per heavy atom. The highest BCUT2D eigenvalue weighted by molar-refractivity contribution is 6.05. The maximum atomic E-state index is 12.7. The lowest BCUT2D eigenvalue weighted by Crippen LogP contribution is -2.35. The molecule has 0 saturated heterocycles. The number of anilines is 2. The third-order valence-corrected chi connectivity index (χ3v) is 5.29. The second kappa shape index (κ2) is 10.4. The van der Waals surface area contributed by atoms with Crippen molar-refractivity contribution in [2.45, 2.75) is 20.8 Å². The Bertz CT molecular complexity index is 1050. The molecule has 0 heterocycles. The quantitative estimate of drug-likeness (QED) is 0.555. The highest BCUT2D eigenvalue weighted by atomic mass is 16.2. The zero-order valence-corrected chi connectivity index (χ0v) is 18.3. The van der Waals surface area contributed by atoms with Gasteiger partial charge in [-0.25, -0.2) is 0 Å². The molecule has 0 bridgehead atoms. The van der Waals surface area contributed by atoms with E-state index < -0.39 is 0 Å². The van der Waals surface area contributed by atoms with Crippen molar-refractivity contribution < 1.29 is 9.59 Å². The number of benzene rings is 3. The van der Waals surface area contributed by atoms with Crippen molar-refractivity contribution in [3.8, 4) is 0 Å². The monoisotopic (exact) mass is 415 g/mol. The van der Waals surface area contributed by atoms with Gasteiger partial charge in [-0.2, -0.15) is 0 Å². The largest absolute Gasteiger partial charge is 0.370 e. The van der Waals surface area contributed by atoms with E-state index in [4.69, 9.17) is 0 Å². The highest BCUT2D eigenvalue weighted by Gasteiger charge is 2.12. The molecule has 0 radical (unpaired) electrons. The summed E-state index contributed by atoms with van der Waals surface area (Å²) in [5.74, 6) is -0.353. The Morgan fingerprint density at radius 1 is 0.806 bits per heavy atom. The lowest BCUT2D eigenvalue weighted by molar-refractivity contribution is 0.0953. The van der Waals surface area contributed by atoms with Crippen molar-refractivity contribution in [3.63, 3.8) is 0 Å². The number of carbonyl (C=O) groups excluding carboxylic acids is 2. The molecule has 0 aliphatic rings. The fraction of sp³-hybridized carbons (Fsp3) is 0.231. The van der Waals surface area contributed by atoms with Crippen LogP contribution in [0.2, 0.25) is 0 Å². The first-order chi connectivity index (χ1) is 15.0. The third-order valence-electron chi connectivity index (χ3n) is 5.29. The summed E-state index contributed by atoms with van der Waals surface area (Å²) >= 11 is 0. The van der Waals surface area contributed by atoms with Crippen LogP contribution in [0.25, 0.3) is 0 Å². The fourth-order valence-electron chi connectivity index (χ4n) is 3.46. The average molecular weight is 416 g/mol. The van der Waals surface area contributed by atoms with Crippen molar-refractivity contribution >= 4 is 23.2 Å². The van der Waals surface area contributed by atoms with E-state index in [1.165, 1.54) is 11.3 Å². The van der Waals surface area contributed by atoms with Gasteiger partial charge in [0.1, 0.15) is 0 Å². The topological polar surface area (TPSA) is 61.4 Å². The second-order valence-electron chi connectivity index (χ2n) is 7.47. The Balaban J connectivity index is 1.62. The van der Waals surface area contributed by atoms with Crippen LogP contribution in [0.5, 0.6) is 0 Å². The SMILES string of the molecule is CCN(CCNC(=O)c1ccc(C)c(NC(=O)c2ccccc2)c1)c1ccccc1C. The van der Waals surface area contributed by atoms with Crippen LogP contribution in [0.1, 0.15) is 38.8 Å². The van der Waals surface area contributed by atoms with Crippen LogP contribution in [-0.2, 0) is 0 Å². The number of rotatable bonds is 8. The molecular formula is C26H29N3O2. The molecule has 0 unspecified atom stereocenters. The van der Waals surface area contributed by atoms with Crippen LogP contribution in [0, 0.1) is 13.8 Å². The molecule has 2 amide bonds. The van der Waals surface area contributed by atoms with E-state index in [2.05, 4.69) is 41.5 Å². The van der Waals surface area contributed by atoms with Crippen LogP contribution in [0.15, 0.2) is 72.8 Å². The summed E-state index contributed by atoms with van der Waals surface area (Å²) in [6.45, 7) is 8.21. The first-order valence-electron chi connectivity index (χ1n) is 10.6. The summed E-state index contributed by atoms with van der Waals surface area (Å²) in [6, 6.07) is 22.6. The first kappa shape index (κ1) is 22.1. The number of nitrogens with zero attached hydrogens (tertiary/aromatic N) is 1. The molecule has 5 nitrogen and oxygen atoms in total. The molecule has 0 atom stereocenters. The fourth-order valence-corrected chi connectivity index (χ4v) is 3.46. The standard InChI is InChI=1S/C26H29N3O2/c1-4-29(24-13-9-8-10-20(24)3)17-16-27-25(30)22-15-14-19(2)23(18-22)28-26(31)21-11-6-5-7-12-21/h5-15,18H,4,16-17H2,1-3H3,(H,27,30)(H,28,31). The van der Waals surface area contributed by atoms with Crippen molar-refractivity contribution in [3.05, 3.63) is 95.1 Å². The van der Waals surface area contributed by atoms with Gasteiger partial charge in [0.15, 0.2) is 0 Å². The van der Waals surface area contributed by atoms with Gasteiger partial charge in [-0.15, -0.1) is 0 Å². The smallest absolute Gasteiger partial charge is 0.255 e. The van der Waals surface area contributed by atoms with Crippen molar-refractivity contribution in [2.75, 3.05) is 29.9 Å². The lowest BCUT2D eigenvalue weighted by atomic mass is 10.1. The van der Waals surface area contributed by atoms with Gasteiger partial charge in [0, 0.05) is 42.1 Å². The molecule has 0 aliphatic heterocycles. The number of hydrogen-bond acceptors (Lipinski definition) is 3. The first-order valence-corrected chi connectivity index (χ1v) is 10.6. The maximum absolute atomic E-state index is 12.7. The number of para-hydroxylation sites is 1. The molecule has 0 fully saturated rings.